The van der Waals surface area contributed by atoms with Crippen molar-refractivity contribution < 1.29 is 28.5 Å². The molecular weight excluding hydrogens is 388 g/mol. The van der Waals surface area contributed by atoms with E-state index >= 15 is 0 Å². The first-order chi connectivity index (χ1) is 13.1. The Hall–Kier alpha value is -2.06. The molecule has 2 aliphatic rings. The van der Waals surface area contributed by atoms with Gasteiger partial charge in [-0.3, -0.25) is 9.59 Å². The monoisotopic (exact) mass is 408 g/mol. The zero-order valence-corrected chi connectivity index (χ0v) is 16.8. The van der Waals surface area contributed by atoms with Crippen LogP contribution in [0.3, 0.4) is 0 Å². The first-order valence-corrected chi connectivity index (χ1v) is 10.5. The molecule has 0 radical (unpaired) electrons. The van der Waals surface area contributed by atoms with Crippen molar-refractivity contribution >= 4 is 34.2 Å². The van der Waals surface area contributed by atoms with Gasteiger partial charge in [0.25, 0.3) is 0 Å². The first-order valence-electron chi connectivity index (χ1n) is 8.90. The van der Waals surface area contributed by atoms with Crippen LogP contribution >= 0.6 is 22.7 Å². The fourth-order valence-electron chi connectivity index (χ4n) is 3.19. The molecule has 0 atom stereocenters. The van der Waals surface area contributed by atoms with Gasteiger partial charge in [0.1, 0.15) is 36.2 Å². The molecule has 27 heavy (non-hydrogen) atoms. The van der Waals surface area contributed by atoms with Gasteiger partial charge in [-0.25, -0.2) is 0 Å². The van der Waals surface area contributed by atoms with Crippen LogP contribution in [0, 0.1) is 13.8 Å². The van der Waals surface area contributed by atoms with E-state index in [-0.39, 0.29) is 11.6 Å². The van der Waals surface area contributed by atoms with E-state index in [1.807, 2.05) is 13.8 Å². The lowest BCUT2D eigenvalue weighted by molar-refractivity contribution is 0.0952. The van der Waals surface area contributed by atoms with Crippen LogP contribution in [0.4, 0.5) is 0 Å². The summed E-state index contributed by atoms with van der Waals surface area (Å²) in [6.07, 6.45) is 1.08. The van der Waals surface area contributed by atoms with Gasteiger partial charge in [0.2, 0.25) is 0 Å². The first kappa shape index (κ1) is 18.3. The highest BCUT2D eigenvalue weighted by atomic mass is 32.1. The molecule has 6 nitrogen and oxygen atoms in total. The highest BCUT2D eigenvalue weighted by Gasteiger charge is 2.28. The highest BCUT2D eigenvalue weighted by Crippen LogP contribution is 2.45. The molecule has 4 rings (SSSR count). The number of carbonyl (C=O) groups excluding carboxylic acids is 2. The van der Waals surface area contributed by atoms with Crippen LogP contribution in [-0.2, 0) is 0 Å². The third-order valence-corrected chi connectivity index (χ3v) is 6.66. The Bertz CT molecular complexity index is 822. The van der Waals surface area contributed by atoms with Crippen molar-refractivity contribution in [3.05, 3.63) is 19.5 Å². The van der Waals surface area contributed by atoms with E-state index in [2.05, 4.69) is 0 Å². The van der Waals surface area contributed by atoms with Gasteiger partial charge >= 0.3 is 0 Å². The quantitative estimate of drug-likeness (QED) is 0.667. The van der Waals surface area contributed by atoms with Crippen LogP contribution in [0.15, 0.2) is 0 Å². The van der Waals surface area contributed by atoms with Gasteiger partial charge in [0.15, 0.2) is 34.6 Å². The van der Waals surface area contributed by atoms with Gasteiger partial charge in [0, 0.05) is 22.6 Å². The number of hydrogen-bond acceptors (Lipinski definition) is 8. The minimum Gasteiger partial charge on any atom is -0.485 e. The average Bonchev–Trinajstić information content (AvgIpc) is 3.20. The molecule has 144 valence electrons. The van der Waals surface area contributed by atoms with E-state index in [0.29, 0.717) is 78.4 Å². The van der Waals surface area contributed by atoms with Crippen molar-refractivity contribution in [2.45, 2.75) is 33.1 Å². The molecule has 0 aliphatic carbocycles. The summed E-state index contributed by atoms with van der Waals surface area (Å²) >= 11 is 2.79. The van der Waals surface area contributed by atoms with Crippen LogP contribution < -0.4 is 18.9 Å². The van der Waals surface area contributed by atoms with E-state index in [9.17, 15) is 9.59 Å². The maximum Gasteiger partial charge on any atom is 0.183 e. The smallest absolute Gasteiger partial charge is 0.183 e. The topological polar surface area (TPSA) is 71.1 Å². The summed E-state index contributed by atoms with van der Waals surface area (Å²) in [4.78, 5) is 28.3. The van der Waals surface area contributed by atoms with Crippen molar-refractivity contribution in [3.8, 4) is 23.0 Å². The van der Waals surface area contributed by atoms with E-state index in [4.69, 9.17) is 18.9 Å². The Labute approximate surface area is 165 Å². The molecular formula is C19H20O6S2. The predicted octanol–water partition coefficient (Wildman–Crippen LogP) is 4.20. The second-order valence-corrected chi connectivity index (χ2v) is 8.83. The molecule has 2 aromatic rings. The van der Waals surface area contributed by atoms with Crippen LogP contribution in [0.1, 0.15) is 48.4 Å². The molecule has 0 saturated carbocycles. The number of fused-ring (bicyclic) bond motifs is 2. The van der Waals surface area contributed by atoms with E-state index in [1.54, 1.807) is 0 Å². The number of Topliss-reactive ketones (excluding diaryl/α,β-unsaturated/α-hetero) is 2. The molecule has 2 aromatic heterocycles. The largest absolute Gasteiger partial charge is 0.485 e. The number of rotatable bonds is 6. The lowest BCUT2D eigenvalue weighted by Gasteiger charge is -2.16. The molecule has 0 spiro atoms. The average molecular weight is 408 g/mol. The summed E-state index contributed by atoms with van der Waals surface area (Å²) in [5, 5.41) is 0. The minimum absolute atomic E-state index is 0.00776. The second kappa shape index (κ2) is 7.52. The maximum absolute atomic E-state index is 12.6. The zero-order valence-electron chi connectivity index (χ0n) is 15.2. The zero-order chi connectivity index (χ0) is 19.0. The predicted molar refractivity (Wildman–Crippen MR) is 103 cm³/mol. The maximum atomic E-state index is 12.6. The van der Waals surface area contributed by atoms with E-state index in [1.165, 1.54) is 22.7 Å². The van der Waals surface area contributed by atoms with Crippen LogP contribution in [0.2, 0.25) is 0 Å². The summed E-state index contributed by atoms with van der Waals surface area (Å²) in [7, 11) is 0. The van der Waals surface area contributed by atoms with Crippen LogP contribution in [-0.4, -0.2) is 38.0 Å². The van der Waals surface area contributed by atoms with Crippen LogP contribution in [0.5, 0.6) is 23.0 Å². The van der Waals surface area contributed by atoms with Crippen molar-refractivity contribution in [1.29, 1.82) is 0 Å². The Balaban J connectivity index is 1.39. The summed E-state index contributed by atoms with van der Waals surface area (Å²) in [5.41, 5.74) is 0. The SMILES string of the molecule is Cc1sc(C(=O)CCCC(=O)c2sc(C)c3c2OCCO3)c2c1OCCO2. The van der Waals surface area contributed by atoms with Gasteiger partial charge in [0.05, 0.1) is 0 Å². The number of ether oxygens (including phenoxy) is 4. The number of hydrogen-bond donors (Lipinski definition) is 0. The molecule has 0 amide bonds. The fourth-order valence-corrected chi connectivity index (χ4v) is 5.21. The second-order valence-electron chi connectivity index (χ2n) is 6.38. The molecule has 0 unspecified atom stereocenters. The molecule has 8 heteroatoms. The van der Waals surface area contributed by atoms with E-state index in [0.717, 1.165) is 9.75 Å². The van der Waals surface area contributed by atoms with Crippen molar-refractivity contribution in [2.75, 3.05) is 26.4 Å². The minimum atomic E-state index is -0.00776. The van der Waals surface area contributed by atoms with Crippen LogP contribution in [0.25, 0.3) is 0 Å². The molecule has 2 aliphatic heterocycles. The molecule has 0 fully saturated rings. The van der Waals surface area contributed by atoms with Gasteiger partial charge in [-0.1, -0.05) is 0 Å². The summed E-state index contributed by atoms with van der Waals surface area (Å²) in [5.74, 6) is 2.48. The molecule has 4 heterocycles. The number of ketones is 2. The van der Waals surface area contributed by atoms with Gasteiger partial charge in [-0.2, -0.15) is 0 Å². The molecule has 0 aromatic carbocycles. The number of aryl methyl sites for hydroxylation is 2. The van der Waals surface area contributed by atoms with Crippen molar-refractivity contribution in [1.82, 2.24) is 0 Å². The Morgan fingerprint density at radius 1 is 0.704 bits per heavy atom. The van der Waals surface area contributed by atoms with E-state index < -0.39 is 0 Å². The summed E-state index contributed by atoms with van der Waals surface area (Å²) < 4.78 is 22.4. The number of carbonyl (C=O) groups is 2. The Kier molecular flexibility index (Phi) is 5.10. The molecule has 0 bridgehead atoms. The van der Waals surface area contributed by atoms with Gasteiger partial charge in [-0.15, -0.1) is 22.7 Å². The summed E-state index contributed by atoms with van der Waals surface area (Å²) in [6.45, 7) is 5.75. The van der Waals surface area contributed by atoms with Crippen molar-refractivity contribution in [3.63, 3.8) is 0 Å². The van der Waals surface area contributed by atoms with Crippen molar-refractivity contribution in [2.24, 2.45) is 0 Å². The normalized spacial score (nSPS) is 14.9. The Morgan fingerprint density at radius 2 is 1.07 bits per heavy atom. The van der Waals surface area contributed by atoms with Gasteiger partial charge < -0.3 is 18.9 Å². The standard InChI is InChI=1S/C19H20O6S2/c1-10-14-16(24-8-6-22-14)18(26-10)12(20)4-3-5-13(21)19-17-15(11(2)27-19)23-7-9-25-17/h3-9H2,1-2H3. The highest BCUT2D eigenvalue weighted by molar-refractivity contribution is 7.15. The van der Waals surface area contributed by atoms with Gasteiger partial charge in [-0.05, 0) is 20.3 Å². The number of thiophene rings is 2. The third kappa shape index (κ3) is 3.43. The lowest BCUT2D eigenvalue weighted by Crippen LogP contribution is -2.16. The molecule has 0 N–H and O–H groups in total. The molecule has 0 saturated heterocycles. The fraction of sp³-hybridized carbons (Fsp3) is 0.474. The summed E-state index contributed by atoms with van der Waals surface area (Å²) in [6, 6.07) is 0. The Morgan fingerprint density at radius 3 is 1.48 bits per heavy atom. The lowest BCUT2D eigenvalue weighted by atomic mass is 10.1. The third-order valence-electron chi connectivity index (χ3n) is 4.44.